The lowest BCUT2D eigenvalue weighted by atomic mass is 9.81. The molecular formula is C14H29N3O. The van der Waals surface area contributed by atoms with Gasteiger partial charge >= 0.3 is 0 Å². The maximum Gasteiger partial charge on any atom is 0.223 e. The lowest BCUT2D eigenvalue weighted by Crippen LogP contribution is -2.39. The van der Waals surface area contributed by atoms with Crippen LogP contribution in [0.15, 0.2) is 0 Å². The van der Waals surface area contributed by atoms with Crippen molar-refractivity contribution in [2.75, 3.05) is 32.7 Å². The summed E-state index contributed by atoms with van der Waals surface area (Å²) < 4.78 is 0. The van der Waals surface area contributed by atoms with Crippen LogP contribution in [0.2, 0.25) is 0 Å². The molecule has 1 amide bonds. The Morgan fingerprint density at radius 2 is 1.83 bits per heavy atom. The Bertz CT molecular complexity index is 233. The van der Waals surface area contributed by atoms with E-state index in [1.807, 2.05) is 0 Å². The summed E-state index contributed by atoms with van der Waals surface area (Å²) in [6.45, 7) is 8.91. The fourth-order valence-corrected chi connectivity index (χ4v) is 2.68. The molecule has 0 bridgehead atoms. The molecular weight excluding hydrogens is 226 g/mol. The second-order valence-corrected chi connectivity index (χ2v) is 5.27. The van der Waals surface area contributed by atoms with Crippen LogP contribution in [0.1, 0.15) is 39.5 Å². The number of hydrogen-bond acceptors (Lipinski definition) is 3. The van der Waals surface area contributed by atoms with Crippen molar-refractivity contribution in [2.45, 2.75) is 39.5 Å². The largest absolute Gasteiger partial charge is 0.355 e. The van der Waals surface area contributed by atoms with Crippen molar-refractivity contribution < 1.29 is 4.79 Å². The summed E-state index contributed by atoms with van der Waals surface area (Å²) in [5.74, 6) is 1.12. The van der Waals surface area contributed by atoms with E-state index in [0.29, 0.717) is 5.92 Å². The summed E-state index contributed by atoms with van der Waals surface area (Å²) in [5.41, 5.74) is 5.66. The smallest absolute Gasteiger partial charge is 0.223 e. The number of hydrogen-bond donors (Lipinski definition) is 2. The first kappa shape index (κ1) is 15.4. The van der Waals surface area contributed by atoms with Gasteiger partial charge in [0, 0.05) is 19.0 Å². The first-order chi connectivity index (χ1) is 8.71. The van der Waals surface area contributed by atoms with E-state index in [1.165, 1.54) is 0 Å². The van der Waals surface area contributed by atoms with Gasteiger partial charge in [0.15, 0.2) is 0 Å². The highest BCUT2D eigenvalue weighted by atomic mass is 16.1. The van der Waals surface area contributed by atoms with E-state index in [9.17, 15) is 4.79 Å². The normalized spacial score (nSPS) is 24.2. The summed E-state index contributed by atoms with van der Waals surface area (Å²) in [6, 6.07) is 0. The highest BCUT2D eigenvalue weighted by molar-refractivity contribution is 5.78. The zero-order valence-corrected chi connectivity index (χ0v) is 12.0. The van der Waals surface area contributed by atoms with Crippen LogP contribution >= 0.6 is 0 Å². The number of likely N-dealkylation sites (N-methyl/N-ethyl adjacent to an activating group) is 1. The van der Waals surface area contributed by atoms with E-state index < -0.39 is 0 Å². The highest BCUT2D eigenvalue weighted by Crippen LogP contribution is 2.27. The molecule has 4 nitrogen and oxygen atoms in total. The molecule has 1 rings (SSSR count). The van der Waals surface area contributed by atoms with Gasteiger partial charge in [-0.3, -0.25) is 4.79 Å². The molecule has 0 spiro atoms. The topological polar surface area (TPSA) is 58.4 Å². The minimum atomic E-state index is 0.226. The van der Waals surface area contributed by atoms with Crippen molar-refractivity contribution in [1.82, 2.24) is 10.2 Å². The molecule has 18 heavy (non-hydrogen) atoms. The second-order valence-electron chi connectivity index (χ2n) is 5.27. The third kappa shape index (κ3) is 4.94. The molecule has 0 saturated heterocycles. The molecule has 106 valence electrons. The van der Waals surface area contributed by atoms with Gasteiger partial charge in [-0.2, -0.15) is 0 Å². The molecule has 1 aliphatic rings. The molecule has 4 heteroatoms. The Balaban J connectivity index is 2.17. The number of nitrogens with zero attached hydrogens (tertiary/aromatic N) is 1. The summed E-state index contributed by atoms with van der Waals surface area (Å²) >= 11 is 0. The fraction of sp³-hybridized carbons (Fsp3) is 0.929. The van der Waals surface area contributed by atoms with E-state index in [2.05, 4.69) is 24.1 Å². The van der Waals surface area contributed by atoms with Crippen molar-refractivity contribution in [3.8, 4) is 0 Å². The Hall–Kier alpha value is -0.610. The molecule has 1 fully saturated rings. The maximum absolute atomic E-state index is 12.0. The molecule has 0 aromatic heterocycles. The molecule has 0 heterocycles. The van der Waals surface area contributed by atoms with Gasteiger partial charge in [0.2, 0.25) is 5.91 Å². The van der Waals surface area contributed by atoms with E-state index in [-0.39, 0.29) is 11.8 Å². The summed E-state index contributed by atoms with van der Waals surface area (Å²) in [6.07, 6.45) is 4.26. The van der Waals surface area contributed by atoms with Crippen LogP contribution in [-0.4, -0.2) is 43.5 Å². The second kappa shape index (κ2) is 8.48. The number of nitrogens with one attached hydrogen (secondary N) is 1. The van der Waals surface area contributed by atoms with E-state index in [4.69, 9.17) is 5.73 Å². The molecule has 0 aliphatic heterocycles. The van der Waals surface area contributed by atoms with Crippen molar-refractivity contribution in [1.29, 1.82) is 0 Å². The zero-order chi connectivity index (χ0) is 13.4. The lowest BCUT2D eigenvalue weighted by molar-refractivity contribution is -0.126. The number of amides is 1. The number of rotatable bonds is 7. The molecule has 0 aromatic rings. The van der Waals surface area contributed by atoms with Crippen LogP contribution in [0, 0.1) is 11.8 Å². The van der Waals surface area contributed by atoms with Crippen LogP contribution < -0.4 is 11.1 Å². The van der Waals surface area contributed by atoms with E-state index in [0.717, 1.165) is 58.4 Å². The van der Waals surface area contributed by atoms with Gasteiger partial charge in [0.25, 0.3) is 0 Å². The predicted octanol–water partition coefficient (Wildman–Crippen LogP) is 1.21. The van der Waals surface area contributed by atoms with Gasteiger partial charge < -0.3 is 16.0 Å². The van der Waals surface area contributed by atoms with E-state index in [1.54, 1.807) is 0 Å². The number of carbonyl (C=O) groups is 1. The van der Waals surface area contributed by atoms with Gasteiger partial charge in [-0.1, -0.05) is 13.8 Å². The van der Waals surface area contributed by atoms with Gasteiger partial charge in [-0.05, 0) is 51.2 Å². The minimum absolute atomic E-state index is 0.226. The van der Waals surface area contributed by atoms with Gasteiger partial charge in [-0.15, -0.1) is 0 Å². The first-order valence-electron chi connectivity index (χ1n) is 7.41. The summed E-state index contributed by atoms with van der Waals surface area (Å²) in [7, 11) is 0. The molecule has 1 aliphatic carbocycles. The molecule has 1 saturated carbocycles. The Morgan fingerprint density at radius 1 is 1.22 bits per heavy atom. The van der Waals surface area contributed by atoms with Gasteiger partial charge in [0.05, 0.1) is 0 Å². The number of nitrogens with two attached hydrogens (primary N) is 1. The highest BCUT2D eigenvalue weighted by Gasteiger charge is 2.25. The van der Waals surface area contributed by atoms with Gasteiger partial charge in [-0.25, -0.2) is 0 Å². The van der Waals surface area contributed by atoms with Crippen LogP contribution in [0.25, 0.3) is 0 Å². The van der Waals surface area contributed by atoms with Crippen LogP contribution in [0.3, 0.4) is 0 Å². The standard InChI is InChI=1S/C14H29N3O/c1-3-17(4-2)10-9-16-14(18)13-7-5-12(11-15)6-8-13/h12-13H,3-11,15H2,1-2H3,(H,16,18). The molecule has 0 atom stereocenters. The third-order valence-electron chi connectivity index (χ3n) is 4.17. The maximum atomic E-state index is 12.0. The minimum Gasteiger partial charge on any atom is -0.355 e. The zero-order valence-electron chi connectivity index (χ0n) is 12.0. The quantitative estimate of drug-likeness (QED) is 0.719. The van der Waals surface area contributed by atoms with Crippen LogP contribution in [-0.2, 0) is 4.79 Å². The monoisotopic (exact) mass is 255 g/mol. The molecule has 0 radical (unpaired) electrons. The first-order valence-corrected chi connectivity index (χ1v) is 7.41. The molecule has 0 unspecified atom stereocenters. The fourth-order valence-electron chi connectivity index (χ4n) is 2.68. The lowest BCUT2D eigenvalue weighted by Gasteiger charge is -2.27. The SMILES string of the molecule is CCN(CC)CCNC(=O)C1CCC(CN)CC1. The molecule has 0 aromatic carbocycles. The Morgan fingerprint density at radius 3 is 2.33 bits per heavy atom. The Kier molecular flexibility index (Phi) is 7.28. The predicted molar refractivity (Wildman–Crippen MR) is 75.3 cm³/mol. The average Bonchev–Trinajstić information content (AvgIpc) is 2.43. The van der Waals surface area contributed by atoms with E-state index >= 15 is 0 Å². The van der Waals surface area contributed by atoms with Gasteiger partial charge in [0.1, 0.15) is 0 Å². The Labute approximate surface area is 111 Å². The summed E-state index contributed by atoms with van der Waals surface area (Å²) in [5, 5.41) is 3.07. The van der Waals surface area contributed by atoms with Crippen LogP contribution in [0.5, 0.6) is 0 Å². The number of carbonyl (C=O) groups excluding carboxylic acids is 1. The summed E-state index contributed by atoms with van der Waals surface area (Å²) in [4.78, 5) is 14.3. The van der Waals surface area contributed by atoms with Crippen molar-refractivity contribution in [2.24, 2.45) is 17.6 Å². The molecule has 3 N–H and O–H groups in total. The van der Waals surface area contributed by atoms with Crippen LogP contribution in [0.4, 0.5) is 0 Å². The van der Waals surface area contributed by atoms with Crippen molar-refractivity contribution in [3.63, 3.8) is 0 Å². The average molecular weight is 255 g/mol. The third-order valence-corrected chi connectivity index (χ3v) is 4.17. The van der Waals surface area contributed by atoms with Crippen molar-refractivity contribution in [3.05, 3.63) is 0 Å². The van der Waals surface area contributed by atoms with Crippen molar-refractivity contribution >= 4 is 5.91 Å².